The number of halogens is 1. The van der Waals surface area contributed by atoms with Crippen molar-refractivity contribution in [1.82, 2.24) is 0 Å². The molecule has 0 aromatic carbocycles. The molecule has 4 nitrogen and oxygen atoms in total. The van der Waals surface area contributed by atoms with E-state index in [1.807, 2.05) is 0 Å². The molecule has 0 aliphatic carbocycles. The molecular formula is C8H17IO4. The van der Waals surface area contributed by atoms with Crippen LogP contribution in [0, 0.1) is 0 Å². The molecule has 0 saturated carbocycles. The van der Waals surface area contributed by atoms with Crippen molar-refractivity contribution < 1.29 is 19.3 Å². The van der Waals surface area contributed by atoms with Crippen molar-refractivity contribution in [3.63, 3.8) is 0 Å². The number of hydrogen-bond donors (Lipinski definition) is 1. The van der Waals surface area contributed by atoms with Gasteiger partial charge in [-0.2, -0.15) is 0 Å². The molecule has 0 amide bonds. The number of rotatable bonds is 8. The predicted molar refractivity (Wildman–Crippen MR) is 58.4 cm³/mol. The second-order valence-electron chi connectivity index (χ2n) is 2.70. The third-order valence-electron chi connectivity index (χ3n) is 1.32. The first-order valence-corrected chi connectivity index (χ1v) is 5.33. The zero-order chi connectivity index (χ0) is 10.1. The van der Waals surface area contributed by atoms with Gasteiger partial charge in [-0.15, -0.1) is 0 Å². The zero-order valence-corrected chi connectivity index (χ0v) is 10.2. The van der Waals surface area contributed by atoms with Gasteiger partial charge >= 0.3 is 0 Å². The molecule has 0 aromatic heterocycles. The summed E-state index contributed by atoms with van der Waals surface area (Å²) in [5, 5.41) is 9.21. The summed E-state index contributed by atoms with van der Waals surface area (Å²) in [6.45, 7) is 1.89. The summed E-state index contributed by atoms with van der Waals surface area (Å²) in [5.74, 6) is 0. The summed E-state index contributed by atoms with van der Waals surface area (Å²) < 4.78 is 15.3. The fourth-order valence-electron chi connectivity index (χ4n) is 0.801. The molecule has 0 spiro atoms. The van der Waals surface area contributed by atoms with Gasteiger partial charge in [0.1, 0.15) is 6.10 Å². The molecule has 0 radical (unpaired) electrons. The van der Waals surface area contributed by atoms with E-state index < -0.39 is 6.10 Å². The van der Waals surface area contributed by atoms with E-state index in [0.29, 0.717) is 30.4 Å². The molecule has 2 unspecified atom stereocenters. The van der Waals surface area contributed by atoms with Crippen LogP contribution in [0.1, 0.15) is 0 Å². The number of aliphatic hydroxyl groups is 1. The minimum Gasteiger partial charge on any atom is -0.388 e. The fourth-order valence-corrected chi connectivity index (χ4v) is 1.42. The number of ether oxygens (including phenoxy) is 3. The van der Waals surface area contributed by atoms with E-state index in [-0.39, 0.29) is 0 Å². The molecule has 1 N–H and O–H groups in total. The average molecular weight is 304 g/mol. The third-order valence-corrected chi connectivity index (χ3v) is 2.03. The molecule has 13 heavy (non-hydrogen) atoms. The van der Waals surface area contributed by atoms with E-state index in [9.17, 15) is 5.11 Å². The predicted octanol–water partition coefficient (Wildman–Crippen LogP) is 0.460. The summed E-state index contributed by atoms with van der Waals surface area (Å²) in [4.78, 5) is 0. The monoisotopic (exact) mass is 304 g/mol. The normalized spacial score (nSPS) is 15.7. The maximum Gasteiger partial charge on any atom is 0.101 e. The first-order valence-electron chi connectivity index (χ1n) is 4.08. The Labute approximate surface area is 92.7 Å². The van der Waals surface area contributed by atoms with Crippen LogP contribution in [0.25, 0.3) is 0 Å². The summed E-state index contributed by atoms with van der Waals surface area (Å²) >= 11 is 2.25. The SMILES string of the molecule is COCC(O)COCC(I)COC. The smallest absolute Gasteiger partial charge is 0.101 e. The molecule has 80 valence electrons. The van der Waals surface area contributed by atoms with Crippen LogP contribution in [-0.2, 0) is 14.2 Å². The van der Waals surface area contributed by atoms with Gasteiger partial charge in [0.05, 0.1) is 30.4 Å². The van der Waals surface area contributed by atoms with Gasteiger partial charge in [-0.3, -0.25) is 0 Å². The largest absolute Gasteiger partial charge is 0.388 e. The van der Waals surface area contributed by atoms with Crippen LogP contribution in [-0.4, -0.2) is 55.8 Å². The lowest BCUT2D eigenvalue weighted by atomic mass is 10.4. The summed E-state index contributed by atoms with van der Waals surface area (Å²) in [7, 11) is 3.21. The van der Waals surface area contributed by atoms with Crippen LogP contribution in [0.5, 0.6) is 0 Å². The second-order valence-corrected chi connectivity index (χ2v) is 4.46. The molecule has 0 rings (SSSR count). The number of methoxy groups -OCH3 is 2. The Hall–Kier alpha value is 0.570. The van der Waals surface area contributed by atoms with E-state index in [4.69, 9.17) is 14.2 Å². The Balaban J connectivity index is 3.23. The van der Waals surface area contributed by atoms with E-state index in [2.05, 4.69) is 22.6 Å². The Kier molecular flexibility index (Phi) is 9.54. The molecule has 5 heteroatoms. The second kappa shape index (κ2) is 9.14. The molecule has 0 heterocycles. The summed E-state index contributed by atoms with van der Waals surface area (Å²) in [6, 6.07) is 0. The maximum absolute atomic E-state index is 9.21. The van der Waals surface area contributed by atoms with Crippen molar-refractivity contribution >= 4 is 22.6 Å². The highest BCUT2D eigenvalue weighted by molar-refractivity contribution is 14.1. The Morgan fingerprint density at radius 2 is 1.69 bits per heavy atom. The highest BCUT2D eigenvalue weighted by Crippen LogP contribution is 2.01. The minimum absolute atomic E-state index is 0.316. The molecule has 0 aromatic rings. The number of aliphatic hydroxyl groups excluding tert-OH is 1. The van der Waals surface area contributed by atoms with Gasteiger partial charge in [-0.1, -0.05) is 22.6 Å². The van der Waals surface area contributed by atoms with Gasteiger partial charge in [0.15, 0.2) is 0 Å². The third kappa shape index (κ3) is 8.89. The fraction of sp³-hybridized carbons (Fsp3) is 1.00. The average Bonchev–Trinajstić information content (AvgIpc) is 2.05. The lowest BCUT2D eigenvalue weighted by molar-refractivity contribution is -0.00760. The van der Waals surface area contributed by atoms with Crippen molar-refractivity contribution in [1.29, 1.82) is 0 Å². The van der Waals surface area contributed by atoms with Crippen LogP contribution in [0.4, 0.5) is 0 Å². The van der Waals surface area contributed by atoms with Gasteiger partial charge in [-0.25, -0.2) is 0 Å². The molecule has 0 fully saturated rings. The van der Waals surface area contributed by atoms with Crippen molar-refractivity contribution in [2.75, 3.05) is 40.6 Å². The minimum atomic E-state index is -0.531. The summed E-state index contributed by atoms with van der Waals surface area (Å²) in [5.41, 5.74) is 0. The van der Waals surface area contributed by atoms with Crippen LogP contribution >= 0.6 is 22.6 Å². The number of hydrogen-bond acceptors (Lipinski definition) is 4. The van der Waals surface area contributed by atoms with Crippen LogP contribution in [0.3, 0.4) is 0 Å². The Morgan fingerprint density at radius 3 is 2.23 bits per heavy atom. The quantitative estimate of drug-likeness (QED) is 0.523. The van der Waals surface area contributed by atoms with Crippen LogP contribution in [0.2, 0.25) is 0 Å². The van der Waals surface area contributed by atoms with Crippen molar-refractivity contribution in [2.24, 2.45) is 0 Å². The lowest BCUT2D eigenvalue weighted by Gasteiger charge is -2.12. The van der Waals surface area contributed by atoms with Crippen molar-refractivity contribution in [3.05, 3.63) is 0 Å². The first kappa shape index (κ1) is 13.6. The molecule has 2 atom stereocenters. The van der Waals surface area contributed by atoms with E-state index in [0.717, 1.165) is 0 Å². The highest BCUT2D eigenvalue weighted by atomic mass is 127. The molecule has 0 aliphatic heterocycles. The van der Waals surface area contributed by atoms with E-state index >= 15 is 0 Å². The topological polar surface area (TPSA) is 47.9 Å². The lowest BCUT2D eigenvalue weighted by Crippen LogP contribution is -2.24. The van der Waals surface area contributed by atoms with Gasteiger partial charge in [0.2, 0.25) is 0 Å². The Morgan fingerprint density at radius 1 is 1.08 bits per heavy atom. The van der Waals surface area contributed by atoms with Gasteiger partial charge in [0, 0.05) is 14.2 Å². The van der Waals surface area contributed by atoms with Gasteiger partial charge in [0.25, 0.3) is 0 Å². The van der Waals surface area contributed by atoms with Crippen LogP contribution < -0.4 is 0 Å². The van der Waals surface area contributed by atoms with E-state index in [1.54, 1.807) is 14.2 Å². The maximum atomic E-state index is 9.21. The first-order chi connectivity index (χ1) is 6.20. The molecular weight excluding hydrogens is 287 g/mol. The zero-order valence-electron chi connectivity index (χ0n) is 8.03. The van der Waals surface area contributed by atoms with Gasteiger partial charge in [-0.05, 0) is 0 Å². The van der Waals surface area contributed by atoms with E-state index in [1.165, 1.54) is 0 Å². The molecule has 0 saturated heterocycles. The van der Waals surface area contributed by atoms with Crippen molar-refractivity contribution in [3.8, 4) is 0 Å². The standard InChI is InChI=1S/C8H17IO4/c1-11-3-7(9)4-13-6-8(10)5-12-2/h7-8,10H,3-6H2,1-2H3. The molecule has 0 bridgehead atoms. The highest BCUT2D eigenvalue weighted by Gasteiger charge is 2.06. The number of alkyl halides is 1. The van der Waals surface area contributed by atoms with Crippen molar-refractivity contribution in [2.45, 2.75) is 10.0 Å². The summed E-state index contributed by atoms with van der Waals surface area (Å²) in [6.07, 6.45) is -0.531. The van der Waals surface area contributed by atoms with Gasteiger partial charge < -0.3 is 19.3 Å². The van der Waals surface area contributed by atoms with Crippen LogP contribution in [0.15, 0.2) is 0 Å². The molecule has 0 aliphatic rings. The Bertz CT molecular complexity index is 100.